The second-order valence-corrected chi connectivity index (χ2v) is 8.70. The van der Waals surface area contributed by atoms with Crippen molar-refractivity contribution in [1.82, 2.24) is 9.62 Å². The Morgan fingerprint density at radius 1 is 1.00 bits per heavy atom. The van der Waals surface area contributed by atoms with Crippen molar-refractivity contribution in [3.05, 3.63) is 59.7 Å². The molecular weight excluding hydrogens is 388 g/mol. The highest BCUT2D eigenvalue weighted by Crippen LogP contribution is 2.21. The van der Waals surface area contributed by atoms with Gasteiger partial charge in [0.15, 0.2) is 0 Å². The number of sulfonamides is 1. The van der Waals surface area contributed by atoms with Crippen molar-refractivity contribution in [2.45, 2.75) is 44.6 Å². The van der Waals surface area contributed by atoms with Crippen LogP contribution in [-0.4, -0.2) is 38.8 Å². The van der Waals surface area contributed by atoms with Crippen molar-refractivity contribution in [3.63, 3.8) is 0 Å². The SMILES string of the molecule is CCCCCNC(=O)c1ccc(CN(CC)S(=O)(=O)c2ccc(OC)cc2)cc1. The fraction of sp³-hybridized carbons (Fsp3) is 0.409. The topological polar surface area (TPSA) is 75.7 Å². The number of amides is 1. The summed E-state index contributed by atoms with van der Waals surface area (Å²) >= 11 is 0. The maximum absolute atomic E-state index is 12.9. The van der Waals surface area contributed by atoms with Gasteiger partial charge in [-0.3, -0.25) is 4.79 Å². The summed E-state index contributed by atoms with van der Waals surface area (Å²) < 4.78 is 32.4. The Labute approximate surface area is 173 Å². The van der Waals surface area contributed by atoms with Crippen molar-refractivity contribution in [3.8, 4) is 5.75 Å². The molecule has 0 radical (unpaired) electrons. The van der Waals surface area contributed by atoms with E-state index in [1.807, 2.05) is 0 Å². The van der Waals surface area contributed by atoms with Crippen molar-refractivity contribution < 1.29 is 17.9 Å². The maximum Gasteiger partial charge on any atom is 0.251 e. The summed E-state index contributed by atoms with van der Waals surface area (Å²) in [6, 6.07) is 13.4. The lowest BCUT2D eigenvalue weighted by atomic mass is 10.1. The molecule has 0 unspecified atom stereocenters. The van der Waals surface area contributed by atoms with Gasteiger partial charge in [-0.2, -0.15) is 4.31 Å². The second-order valence-electron chi connectivity index (χ2n) is 6.77. The predicted octanol–water partition coefficient (Wildman–Crippen LogP) is 3.83. The lowest BCUT2D eigenvalue weighted by molar-refractivity contribution is 0.0953. The minimum absolute atomic E-state index is 0.106. The monoisotopic (exact) mass is 418 g/mol. The van der Waals surface area contributed by atoms with E-state index >= 15 is 0 Å². The van der Waals surface area contributed by atoms with Gasteiger partial charge in [0, 0.05) is 25.2 Å². The normalized spacial score (nSPS) is 11.4. The van der Waals surface area contributed by atoms with Crippen LogP contribution in [0.3, 0.4) is 0 Å². The molecule has 0 aromatic heterocycles. The first kappa shape index (κ1) is 22.9. The molecule has 0 saturated carbocycles. The number of carbonyl (C=O) groups is 1. The van der Waals surface area contributed by atoms with E-state index in [0.29, 0.717) is 24.4 Å². The molecule has 2 aromatic rings. The van der Waals surface area contributed by atoms with Crippen LogP contribution in [0.4, 0.5) is 0 Å². The number of hydrogen-bond donors (Lipinski definition) is 1. The quantitative estimate of drug-likeness (QED) is 0.563. The maximum atomic E-state index is 12.9. The van der Waals surface area contributed by atoms with E-state index in [4.69, 9.17) is 4.74 Å². The molecule has 0 spiro atoms. The molecule has 158 valence electrons. The number of nitrogens with zero attached hydrogens (tertiary/aromatic N) is 1. The number of nitrogens with one attached hydrogen (secondary N) is 1. The van der Waals surface area contributed by atoms with Gasteiger partial charge in [0.1, 0.15) is 5.75 Å². The molecule has 2 aromatic carbocycles. The lowest BCUT2D eigenvalue weighted by Gasteiger charge is -2.21. The van der Waals surface area contributed by atoms with Crippen LogP contribution in [0.15, 0.2) is 53.4 Å². The van der Waals surface area contributed by atoms with Gasteiger partial charge in [0.05, 0.1) is 12.0 Å². The molecule has 0 atom stereocenters. The average Bonchev–Trinajstić information content (AvgIpc) is 2.75. The van der Waals surface area contributed by atoms with E-state index in [0.717, 1.165) is 24.8 Å². The van der Waals surface area contributed by atoms with Crippen LogP contribution in [0.1, 0.15) is 49.0 Å². The van der Waals surface area contributed by atoms with Gasteiger partial charge >= 0.3 is 0 Å². The molecule has 1 N–H and O–H groups in total. The van der Waals surface area contributed by atoms with Crippen molar-refractivity contribution in [2.75, 3.05) is 20.2 Å². The Hall–Kier alpha value is -2.38. The second kappa shape index (κ2) is 11.0. The minimum Gasteiger partial charge on any atom is -0.497 e. The number of unbranched alkanes of at least 4 members (excludes halogenated alkanes) is 2. The smallest absolute Gasteiger partial charge is 0.251 e. The van der Waals surface area contributed by atoms with E-state index < -0.39 is 10.0 Å². The summed E-state index contributed by atoms with van der Waals surface area (Å²) in [6.45, 7) is 5.17. The fourth-order valence-electron chi connectivity index (χ4n) is 2.91. The molecule has 2 rings (SSSR count). The van der Waals surface area contributed by atoms with Gasteiger partial charge < -0.3 is 10.1 Å². The van der Waals surface area contributed by atoms with Gasteiger partial charge in [0.2, 0.25) is 10.0 Å². The predicted molar refractivity (Wildman–Crippen MR) is 115 cm³/mol. The highest BCUT2D eigenvalue weighted by atomic mass is 32.2. The number of carbonyl (C=O) groups excluding carboxylic acids is 1. The summed E-state index contributed by atoms with van der Waals surface area (Å²) in [4.78, 5) is 12.4. The molecule has 7 heteroatoms. The van der Waals surface area contributed by atoms with Gasteiger partial charge in [-0.15, -0.1) is 0 Å². The minimum atomic E-state index is -3.62. The van der Waals surface area contributed by atoms with Crippen LogP contribution >= 0.6 is 0 Å². The number of benzene rings is 2. The Morgan fingerprint density at radius 3 is 2.21 bits per heavy atom. The highest BCUT2D eigenvalue weighted by molar-refractivity contribution is 7.89. The summed E-state index contributed by atoms with van der Waals surface area (Å²) in [7, 11) is -2.08. The third kappa shape index (κ3) is 6.30. The van der Waals surface area contributed by atoms with Gasteiger partial charge in [0.25, 0.3) is 5.91 Å². The van der Waals surface area contributed by atoms with Crippen LogP contribution in [0.25, 0.3) is 0 Å². The summed E-state index contributed by atoms with van der Waals surface area (Å²) in [5.74, 6) is 0.501. The van der Waals surface area contributed by atoms with Crippen LogP contribution in [0, 0.1) is 0 Å². The molecule has 0 bridgehead atoms. The van der Waals surface area contributed by atoms with Gasteiger partial charge in [-0.1, -0.05) is 38.8 Å². The van der Waals surface area contributed by atoms with Crippen LogP contribution in [-0.2, 0) is 16.6 Å². The van der Waals surface area contributed by atoms with Crippen LogP contribution in [0.2, 0.25) is 0 Å². The molecule has 1 amide bonds. The molecule has 0 aliphatic rings. The Balaban J connectivity index is 2.05. The number of hydrogen-bond acceptors (Lipinski definition) is 4. The summed E-state index contributed by atoms with van der Waals surface area (Å²) in [5, 5.41) is 2.90. The fourth-order valence-corrected chi connectivity index (χ4v) is 4.34. The molecule has 0 fully saturated rings. The van der Waals surface area contributed by atoms with E-state index in [-0.39, 0.29) is 17.3 Å². The van der Waals surface area contributed by atoms with E-state index in [1.54, 1.807) is 55.5 Å². The largest absolute Gasteiger partial charge is 0.497 e. The van der Waals surface area contributed by atoms with Crippen molar-refractivity contribution in [1.29, 1.82) is 0 Å². The zero-order chi connectivity index (χ0) is 21.3. The van der Waals surface area contributed by atoms with Crippen molar-refractivity contribution >= 4 is 15.9 Å². The third-order valence-electron chi connectivity index (χ3n) is 4.69. The van der Waals surface area contributed by atoms with Gasteiger partial charge in [-0.05, 0) is 48.4 Å². The Kier molecular flexibility index (Phi) is 8.67. The van der Waals surface area contributed by atoms with Crippen molar-refractivity contribution in [2.24, 2.45) is 0 Å². The summed E-state index contributed by atoms with van der Waals surface area (Å²) in [5.41, 5.74) is 1.40. The lowest BCUT2D eigenvalue weighted by Crippen LogP contribution is -2.30. The Bertz CT molecular complexity index is 878. The molecule has 0 saturated heterocycles. The van der Waals surface area contributed by atoms with Gasteiger partial charge in [-0.25, -0.2) is 8.42 Å². The highest BCUT2D eigenvalue weighted by Gasteiger charge is 2.23. The van der Waals surface area contributed by atoms with E-state index in [1.165, 1.54) is 11.4 Å². The van der Waals surface area contributed by atoms with Crippen LogP contribution in [0.5, 0.6) is 5.75 Å². The van der Waals surface area contributed by atoms with Crippen LogP contribution < -0.4 is 10.1 Å². The first-order valence-electron chi connectivity index (χ1n) is 9.93. The Morgan fingerprint density at radius 2 is 1.66 bits per heavy atom. The molecule has 0 aliphatic carbocycles. The zero-order valence-electron chi connectivity index (χ0n) is 17.3. The van der Waals surface area contributed by atoms with E-state index in [9.17, 15) is 13.2 Å². The molecule has 0 aliphatic heterocycles. The average molecular weight is 419 g/mol. The number of rotatable bonds is 11. The first-order chi connectivity index (χ1) is 13.9. The number of ether oxygens (including phenoxy) is 1. The molecule has 0 heterocycles. The number of methoxy groups -OCH3 is 1. The standard InChI is InChI=1S/C22H30N2O4S/c1-4-6-7-16-23-22(25)19-10-8-18(9-11-19)17-24(5-2)29(26,27)21-14-12-20(28-3)13-15-21/h8-15H,4-7,16-17H2,1-3H3,(H,23,25). The zero-order valence-corrected chi connectivity index (χ0v) is 18.2. The molecule has 6 nitrogen and oxygen atoms in total. The van der Waals surface area contributed by atoms with E-state index in [2.05, 4.69) is 12.2 Å². The molecular formula is C22H30N2O4S. The summed E-state index contributed by atoms with van der Waals surface area (Å²) in [6.07, 6.45) is 3.17. The third-order valence-corrected chi connectivity index (χ3v) is 6.63. The first-order valence-corrected chi connectivity index (χ1v) is 11.4. The molecule has 29 heavy (non-hydrogen) atoms.